The third kappa shape index (κ3) is 4.92. The van der Waals surface area contributed by atoms with Gasteiger partial charge in [0, 0.05) is 28.0 Å². The van der Waals surface area contributed by atoms with E-state index in [1.54, 1.807) is 54.2 Å². The van der Waals surface area contributed by atoms with Crippen molar-refractivity contribution in [3.05, 3.63) is 84.2 Å². The van der Waals surface area contributed by atoms with E-state index in [0.717, 1.165) is 12.2 Å². The lowest BCUT2D eigenvalue weighted by atomic mass is 9.91. The molecule has 0 spiro atoms. The minimum Gasteiger partial charge on any atom is -0.494 e. The lowest BCUT2D eigenvalue weighted by Crippen LogP contribution is -2.50. The van der Waals surface area contributed by atoms with Crippen LogP contribution in [0, 0.1) is 0 Å². The largest absolute Gasteiger partial charge is 0.494 e. The number of tetrazole rings is 1. The van der Waals surface area contributed by atoms with Gasteiger partial charge < -0.3 is 19.9 Å². The molecule has 9 nitrogen and oxygen atoms in total. The van der Waals surface area contributed by atoms with Crippen LogP contribution in [0.4, 0.5) is 5.69 Å². The average molecular weight is 490 g/mol. The van der Waals surface area contributed by atoms with E-state index in [-0.39, 0.29) is 18.2 Å². The van der Waals surface area contributed by atoms with Gasteiger partial charge in [0.15, 0.2) is 11.5 Å². The Labute approximate surface area is 206 Å². The Morgan fingerprint density at radius 2 is 1.91 bits per heavy atom. The minimum atomic E-state index is -1.58. The summed E-state index contributed by atoms with van der Waals surface area (Å²) in [7, 11) is 0. The number of nitrogens with one attached hydrogen (secondary N) is 1. The number of thioether (sulfide) groups is 1. The van der Waals surface area contributed by atoms with E-state index in [1.807, 2.05) is 18.2 Å². The molecule has 0 saturated carbocycles. The topological polar surface area (TPSA) is 125 Å². The van der Waals surface area contributed by atoms with Crippen molar-refractivity contribution in [2.24, 2.45) is 0 Å². The van der Waals surface area contributed by atoms with E-state index in [4.69, 9.17) is 19.9 Å². The Hall–Kier alpha value is -4.05. The Bertz CT molecular complexity index is 1290. The molecular weight excluding hydrogens is 466 g/mol. The fourth-order valence-electron chi connectivity index (χ4n) is 3.68. The fourth-order valence-corrected chi connectivity index (χ4v) is 4.53. The van der Waals surface area contributed by atoms with E-state index in [1.165, 1.54) is 4.90 Å². The molecule has 10 heteroatoms. The Kier molecular flexibility index (Phi) is 6.53. The SMILES string of the molecule is Nc1ccc2c(c1)OC(C(=O)c1ccc(OCCCSc3ccccc3)cc1)(c1nnn[nH]1)CO2. The lowest BCUT2D eigenvalue weighted by molar-refractivity contribution is -0.00527. The second-order valence-corrected chi connectivity index (χ2v) is 9.06. The molecule has 178 valence electrons. The number of nitrogens with two attached hydrogens (primary N) is 1. The summed E-state index contributed by atoms with van der Waals surface area (Å²) in [5.41, 5.74) is 5.20. The Balaban J connectivity index is 1.26. The number of Topliss-reactive ketones (excluding diaryl/α,β-unsaturated/α-hetero) is 1. The smallest absolute Gasteiger partial charge is 0.265 e. The van der Waals surface area contributed by atoms with Crippen molar-refractivity contribution in [2.45, 2.75) is 16.9 Å². The van der Waals surface area contributed by atoms with Gasteiger partial charge in [-0.05, 0) is 65.4 Å². The number of rotatable bonds is 9. The van der Waals surface area contributed by atoms with Crippen molar-refractivity contribution in [3.8, 4) is 17.2 Å². The van der Waals surface area contributed by atoms with Gasteiger partial charge in [-0.2, -0.15) is 0 Å². The number of aromatic amines is 1. The number of hydrogen-bond donors (Lipinski definition) is 2. The summed E-state index contributed by atoms with van der Waals surface area (Å²) in [6.45, 7) is 0.479. The zero-order valence-electron chi connectivity index (χ0n) is 18.7. The van der Waals surface area contributed by atoms with Crippen molar-refractivity contribution in [1.29, 1.82) is 0 Å². The quantitative estimate of drug-likeness (QED) is 0.156. The highest BCUT2D eigenvalue weighted by molar-refractivity contribution is 7.99. The molecule has 2 heterocycles. The van der Waals surface area contributed by atoms with Gasteiger partial charge in [0.25, 0.3) is 5.60 Å². The molecule has 3 aromatic carbocycles. The Morgan fingerprint density at radius 3 is 2.69 bits per heavy atom. The summed E-state index contributed by atoms with van der Waals surface area (Å²) in [5, 5.41) is 13.8. The number of ketones is 1. The number of nitrogen functional groups attached to an aromatic ring is 1. The second kappa shape index (κ2) is 10.1. The first-order valence-electron chi connectivity index (χ1n) is 11.1. The highest BCUT2D eigenvalue weighted by Crippen LogP contribution is 2.41. The number of carbonyl (C=O) groups is 1. The summed E-state index contributed by atoms with van der Waals surface area (Å²) in [5.74, 6) is 2.26. The molecule has 1 aliphatic rings. The summed E-state index contributed by atoms with van der Waals surface area (Å²) in [4.78, 5) is 14.9. The molecule has 0 aliphatic carbocycles. The maximum absolute atomic E-state index is 13.7. The predicted molar refractivity (Wildman–Crippen MR) is 131 cm³/mol. The van der Waals surface area contributed by atoms with Crippen molar-refractivity contribution in [1.82, 2.24) is 20.6 Å². The molecule has 0 bridgehead atoms. The number of ether oxygens (including phenoxy) is 3. The summed E-state index contributed by atoms with van der Waals surface area (Å²) in [6, 6.07) is 22.2. The molecule has 1 unspecified atom stereocenters. The third-order valence-electron chi connectivity index (χ3n) is 5.46. The van der Waals surface area contributed by atoms with Crippen LogP contribution in [0.15, 0.2) is 77.7 Å². The van der Waals surface area contributed by atoms with Crippen LogP contribution in [0.1, 0.15) is 22.6 Å². The van der Waals surface area contributed by atoms with Crippen LogP contribution in [-0.4, -0.2) is 45.4 Å². The number of carbonyl (C=O) groups excluding carboxylic acids is 1. The van der Waals surface area contributed by atoms with Crippen LogP contribution in [0.2, 0.25) is 0 Å². The van der Waals surface area contributed by atoms with Gasteiger partial charge in [-0.1, -0.05) is 18.2 Å². The van der Waals surface area contributed by atoms with Crippen LogP contribution in [0.25, 0.3) is 0 Å². The first-order valence-corrected chi connectivity index (χ1v) is 12.0. The number of hydrogen-bond acceptors (Lipinski definition) is 9. The molecule has 1 atom stereocenters. The fraction of sp³-hybridized carbons (Fsp3) is 0.200. The molecule has 4 aromatic rings. The van der Waals surface area contributed by atoms with E-state index in [9.17, 15) is 4.79 Å². The first-order chi connectivity index (χ1) is 17.1. The molecule has 3 N–H and O–H groups in total. The zero-order valence-corrected chi connectivity index (χ0v) is 19.5. The average Bonchev–Trinajstić information content (AvgIpc) is 3.44. The summed E-state index contributed by atoms with van der Waals surface area (Å²) < 4.78 is 17.9. The third-order valence-corrected chi connectivity index (χ3v) is 6.56. The second-order valence-electron chi connectivity index (χ2n) is 7.89. The van der Waals surface area contributed by atoms with Crippen molar-refractivity contribution in [2.75, 3.05) is 24.7 Å². The molecule has 0 radical (unpaired) electrons. The van der Waals surface area contributed by atoms with Gasteiger partial charge >= 0.3 is 0 Å². The summed E-state index contributed by atoms with van der Waals surface area (Å²) in [6.07, 6.45) is 0.898. The van der Waals surface area contributed by atoms with Crippen molar-refractivity contribution in [3.63, 3.8) is 0 Å². The molecule has 0 fully saturated rings. The van der Waals surface area contributed by atoms with Gasteiger partial charge in [-0.3, -0.25) is 4.79 Å². The molecule has 0 amide bonds. The molecule has 1 aromatic heterocycles. The van der Waals surface area contributed by atoms with E-state index < -0.39 is 5.60 Å². The van der Waals surface area contributed by atoms with Crippen LogP contribution in [0.3, 0.4) is 0 Å². The molecule has 5 rings (SSSR count). The zero-order chi connectivity index (χ0) is 24.1. The van der Waals surface area contributed by atoms with Gasteiger partial charge in [0.05, 0.1) is 6.61 Å². The molecule has 35 heavy (non-hydrogen) atoms. The maximum Gasteiger partial charge on any atom is 0.265 e. The molecule has 0 saturated heterocycles. The highest BCUT2D eigenvalue weighted by atomic mass is 32.2. The first kappa shape index (κ1) is 22.7. The van der Waals surface area contributed by atoms with Crippen molar-refractivity contribution < 1.29 is 19.0 Å². The highest BCUT2D eigenvalue weighted by Gasteiger charge is 2.50. The van der Waals surface area contributed by atoms with Gasteiger partial charge in [0.2, 0.25) is 11.6 Å². The summed E-state index contributed by atoms with van der Waals surface area (Å²) >= 11 is 1.79. The molecular formula is C25H23N5O4S. The molecule has 1 aliphatic heterocycles. The number of aromatic nitrogens is 4. The van der Waals surface area contributed by atoms with Gasteiger partial charge in [-0.15, -0.1) is 16.9 Å². The number of benzene rings is 3. The number of H-pyrrole nitrogens is 1. The number of nitrogens with zero attached hydrogens (tertiary/aromatic N) is 3. The van der Waals surface area contributed by atoms with Gasteiger partial charge in [-0.25, -0.2) is 5.10 Å². The number of anilines is 1. The normalized spacial score (nSPS) is 16.6. The lowest BCUT2D eigenvalue weighted by Gasteiger charge is -2.35. The van der Waals surface area contributed by atoms with Crippen molar-refractivity contribution >= 4 is 23.2 Å². The van der Waals surface area contributed by atoms with Crippen LogP contribution in [-0.2, 0) is 5.60 Å². The van der Waals surface area contributed by atoms with Crippen LogP contribution in [0.5, 0.6) is 17.2 Å². The predicted octanol–water partition coefficient (Wildman–Crippen LogP) is 3.89. The van der Waals surface area contributed by atoms with Crippen LogP contribution >= 0.6 is 11.8 Å². The van der Waals surface area contributed by atoms with Crippen LogP contribution < -0.4 is 19.9 Å². The Morgan fingerprint density at radius 1 is 1.09 bits per heavy atom. The van der Waals surface area contributed by atoms with E-state index in [2.05, 4.69) is 32.8 Å². The van der Waals surface area contributed by atoms with E-state index in [0.29, 0.717) is 35.1 Å². The maximum atomic E-state index is 13.7. The van der Waals surface area contributed by atoms with Gasteiger partial charge in [0.1, 0.15) is 12.4 Å². The monoisotopic (exact) mass is 489 g/mol. The minimum absolute atomic E-state index is 0.100. The van der Waals surface area contributed by atoms with E-state index >= 15 is 0 Å². The standard InChI is InChI=1S/C25H23N5O4S/c26-18-9-12-21-22(15-18)34-25(16-33-21,24-27-29-30-28-24)23(31)17-7-10-19(11-8-17)32-13-4-14-35-20-5-2-1-3-6-20/h1-3,5-12,15H,4,13-14,16,26H2,(H,27,28,29,30). The number of fused-ring (bicyclic) bond motifs is 1.